The third kappa shape index (κ3) is 1.98. The van der Waals surface area contributed by atoms with Crippen LogP contribution in [-0.2, 0) is 0 Å². The first-order valence-electron chi connectivity index (χ1n) is 4.81. The van der Waals surface area contributed by atoms with Gasteiger partial charge in [-0.15, -0.1) is 0 Å². The maximum absolute atomic E-state index is 8.67. The Bertz CT molecular complexity index is 499. The summed E-state index contributed by atoms with van der Waals surface area (Å²) in [5.41, 5.74) is 1.52. The predicted octanol–water partition coefficient (Wildman–Crippen LogP) is 2.12. The fourth-order valence-corrected chi connectivity index (χ4v) is 1.34. The standard InChI is InChI=1S/C12H10N4/c1-16(11-3-2-6-14-9-11)12-5-4-10(7-13)8-15-12/h2-6,8-9H,1H3. The van der Waals surface area contributed by atoms with Gasteiger partial charge in [0.1, 0.15) is 11.9 Å². The summed E-state index contributed by atoms with van der Waals surface area (Å²) >= 11 is 0. The van der Waals surface area contributed by atoms with Crippen LogP contribution in [0.25, 0.3) is 0 Å². The summed E-state index contributed by atoms with van der Waals surface area (Å²) in [5, 5.41) is 8.67. The molecule has 0 spiro atoms. The van der Waals surface area contributed by atoms with Crippen LogP contribution >= 0.6 is 0 Å². The van der Waals surface area contributed by atoms with Gasteiger partial charge in [-0.3, -0.25) is 4.98 Å². The van der Waals surface area contributed by atoms with Crippen molar-refractivity contribution >= 4 is 11.5 Å². The Morgan fingerprint density at radius 1 is 1.25 bits per heavy atom. The van der Waals surface area contributed by atoms with Gasteiger partial charge in [0.2, 0.25) is 0 Å². The van der Waals surface area contributed by atoms with Crippen LogP contribution in [0.1, 0.15) is 5.56 Å². The number of aromatic nitrogens is 2. The number of nitriles is 1. The molecule has 0 radical (unpaired) electrons. The minimum Gasteiger partial charge on any atom is -0.328 e. The second-order valence-electron chi connectivity index (χ2n) is 3.29. The van der Waals surface area contributed by atoms with Gasteiger partial charge in [0.25, 0.3) is 0 Å². The van der Waals surface area contributed by atoms with E-state index in [1.165, 1.54) is 0 Å². The molecule has 2 rings (SSSR count). The lowest BCUT2D eigenvalue weighted by Gasteiger charge is -2.17. The van der Waals surface area contributed by atoms with E-state index in [4.69, 9.17) is 5.26 Å². The Hall–Kier alpha value is -2.41. The first-order chi connectivity index (χ1) is 7.81. The fourth-order valence-electron chi connectivity index (χ4n) is 1.34. The van der Waals surface area contributed by atoms with E-state index >= 15 is 0 Å². The third-order valence-electron chi connectivity index (χ3n) is 2.25. The normalized spacial score (nSPS) is 9.50. The largest absolute Gasteiger partial charge is 0.328 e. The van der Waals surface area contributed by atoms with Crippen molar-refractivity contribution in [2.45, 2.75) is 0 Å². The highest BCUT2D eigenvalue weighted by molar-refractivity contribution is 5.57. The van der Waals surface area contributed by atoms with Gasteiger partial charge in [-0.2, -0.15) is 5.26 Å². The van der Waals surface area contributed by atoms with Crippen LogP contribution in [0.15, 0.2) is 42.9 Å². The van der Waals surface area contributed by atoms with Crippen LogP contribution in [0.2, 0.25) is 0 Å². The predicted molar refractivity (Wildman–Crippen MR) is 61.3 cm³/mol. The number of nitrogens with zero attached hydrogens (tertiary/aromatic N) is 4. The van der Waals surface area contributed by atoms with Crippen LogP contribution in [-0.4, -0.2) is 17.0 Å². The van der Waals surface area contributed by atoms with Crippen molar-refractivity contribution in [3.63, 3.8) is 0 Å². The highest BCUT2D eigenvalue weighted by Crippen LogP contribution is 2.19. The monoisotopic (exact) mass is 210 g/mol. The Morgan fingerprint density at radius 3 is 2.69 bits per heavy atom. The molecule has 0 fully saturated rings. The quantitative estimate of drug-likeness (QED) is 0.761. The van der Waals surface area contributed by atoms with Crippen molar-refractivity contribution in [3.8, 4) is 6.07 Å². The summed E-state index contributed by atoms with van der Waals surface area (Å²) in [6, 6.07) is 9.42. The molecule has 0 aliphatic heterocycles. The van der Waals surface area contributed by atoms with Crippen LogP contribution in [0.5, 0.6) is 0 Å². The van der Waals surface area contributed by atoms with Crippen molar-refractivity contribution in [3.05, 3.63) is 48.4 Å². The molecule has 0 bridgehead atoms. The molecule has 0 amide bonds. The van der Waals surface area contributed by atoms with E-state index in [-0.39, 0.29) is 0 Å². The molecule has 16 heavy (non-hydrogen) atoms. The summed E-state index contributed by atoms with van der Waals surface area (Å²) in [6.07, 6.45) is 5.05. The molecule has 2 heterocycles. The molecule has 4 heteroatoms. The Labute approximate surface area is 93.8 Å². The average molecular weight is 210 g/mol. The second-order valence-corrected chi connectivity index (χ2v) is 3.29. The van der Waals surface area contributed by atoms with E-state index < -0.39 is 0 Å². The SMILES string of the molecule is CN(c1cccnc1)c1ccc(C#N)cn1. The molecule has 0 aromatic carbocycles. The van der Waals surface area contributed by atoms with Gasteiger partial charge >= 0.3 is 0 Å². The first-order valence-corrected chi connectivity index (χ1v) is 4.81. The topological polar surface area (TPSA) is 52.8 Å². The Balaban J connectivity index is 2.28. The van der Waals surface area contributed by atoms with Crippen molar-refractivity contribution < 1.29 is 0 Å². The highest BCUT2D eigenvalue weighted by atomic mass is 15.2. The van der Waals surface area contributed by atoms with Gasteiger partial charge < -0.3 is 4.90 Å². The zero-order chi connectivity index (χ0) is 11.4. The van der Waals surface area contributed by atoms with Crippen molar-refractivity contribution in [2.24, 2.45) is 0 Å². The molecule has 4 nitrogen and oxygen atoms in total. The number of hydrogen-bond acceptors (Lipinski definition) is 4. The van der Waals surface area contributed by atoms with Gasteiger partial charge in [0, 0.05) is 19.4 Å². The van der Waals surface area contributed by atoms with Crippen molar-refractivity contribution in [2.75, 3.05) is 11.9 Å². The molecule has 0 saturated heterocycles. The smallest absolute Gasteiger partial charge is 0.132 e. The molecular weight excluding hydrogens is 200 g/mol. The average Bonchev–Trinajstić information content (AvgIpc) is 2.39. The summed E-state index contributed by atoms with van der Waals surface area (Å²) < 4.78 is 0. The summed E-state index contributed by atoms with van der Waals surface area (Å²) in [5.74, 6) is 0.784. The molecule has 0 atom stereocenters. The summed E-state index contributed by atoms with van der Waals surface area (Å²) in [7, 11) is 1.91. The van der Waals surface area contributed by atoms with Crippen LogP contribution in [0.3, 0.4) is 0 Å². The van der Waals surface area contributed by atoms with Gasteiger partial charge in [-0.1, -0.05) is 0 Å². The molecule has 0 saturated carbocycles. The molecule has 78 valence electrons. The van der Waals surface area contributed by atoms with Gasteiger partial charge in [0.15, 0.2) is 0 Å². The molecular formula is C12H10N4. The number of anilines is 2. The lowest BCUT2D eigenvalue weighted by atomic mass is 10.3. The number of pyridine rings is 2. The van der Waals surface area contributed by atoms with Gasteiger partial charge in [0.05, 0.1) is 17.4 Å². The molecule has 0 aliphatic carbocycles. The van der Waals surface area contributed by atoms with E-state index in [9.17, 15) is 0 Å². The number of hydrogen-bond donors (Lipinski definition) is 0. The molecule has 0 unspecified atom stereocenters. The van der Waals surface area contributed by atoms with Gasteiger partial charge in [-0.05, 0) is 24.3 Å². The minimum absolute atomic E-state index is 0.559. The summed E-state index contributed by atoms with van der Waals surface area (Å²) in [6.45, 7) is 0. The van der Waals surface area contributed by atoms with Crippen molar-refractivity contribution in [1.82, 2.24) is 9.97 Å². The Kier molecular flexibility index (Phi) is 2.79. The number of rotatable bonds is 2. The first kappa shape index (κ1) is 10.1. The molecule has 0 N–H and O–H groups in total. The lowest BCUT2D eigenvalue weighted by molar-refractivity contribution is 1.11. The fraction of sp³-hybridized carbons (Fsp3) is 0.0833. The Morgan fingerprint density at radius 2 is 2.12 bits per heavy atom. The summed E-state index contributed by atoms with van der Waals surface area (Å²) in [4.78, 5) is 10.2. The van der Waals surface area contributed by atoms with Crippen molar-refractivity contribution in [1.29, 1.82) is 5.26 Å². The molecule has 2 aromatic heterocycles. The zero-order valence-corrected chi connectivity index (χ0v) is 8.83. The van der Waals surface area contributed by atoms with E-state index in [1.807, 2.05) is 36.2 Å². The highest BCUT2D eigenvalue weighted by Gasteiger charge is 2.04. The maximum atomic E-state index is 8.67. The van der Waals surface area contributed by atoms with E-state index in [2.05, 4.69) is 9.97 Å². The molecule has 0 aliphatic rings. The van der Waals surface area contributed by atoms with Crippen LogP contribution in [0.4, 0.5) is 11.5 Å². The molecule has 2 aromatic rings. The lowest BCUT2D eigenvalue weighted by Crippen LogP contribution is -2.11. The van der Waals surface area contributed by atoms with Crippen LogP contribution in [0, 0.1) is 11.3 Å². The van der Waals surface area contributed by atoms with Crippen LogP contribution < -0.4 is 4.90 Å². The maximum Gasteiger partial charge on any atom is 0.132 e. The van der Waals surface area contributed by atoms with E-state index in [0.29, 0.717) is 5.56 Å². The third-order valence-corrected chi connectivity index (χ3v) is 2.25. The van der Waals surface area contributed by atoms with E-state index in [1.54, 1.807) is 24.7 Å². The van der Waals surface area contributed by atoms with E-state index in [0.717, 1.165) is 11.5 Å². The second kappa shape index (κ2) is 4.41. The van der Waals surface area contributed by atoms with Gasteiger partial charge in [-0.25, -0.2) is 4.98 Å². The zero-order valence-electron chi connectivity index (χ0n) is 8.83. The minimum atomic E-state index is 0.559.